The fraction of sp³-hybridized carbons (Fsp3) is 0.182. The number of thiophene rings is 1. The van der Waals surface area contributed by atoms with Crippen LogP contribution < -0.4 is 11.1 Å². The van der Waals surface area contributed by atoms with Crippen molar-refractivity contribution in [3.05, 3.63) is 37.5 Å². The van der Waals surface area contributed by atoms with Crippen molar-refractivity contribution in [2.75, 3.05) is 0 Å². The molecule has 20 heavy (non-hydrogen) atoms. The van der Waals surface area contributed by atoms with Gasteiger partial charge in [-0.2, -0.15) is 13.2 Å². The number of hydrogen-bond donors (Lipinski definition) is 2. The third-order valence-electron chi connectivity index (χ3n) is 2.75. The molecule has 9 heteroatoms. The smallest absolute Gasteiger partial charge is 0.313 e. The van der Waals surface area contributed by atoms with Crippen LogP contribution in [0.5, 0.6) is 0 Å². The number of alkyl halides is 3. The van der Waals surface area contributed by atoms with Gasteiger partial charge in [0.1, 0.15) is 10.2 Å². The number of fused-ring (bicyclic) bond motifs is 3. The summed E-state index contributed by atoms with van der Waals surface area (Å²) in [5, 5.41) is -0.0676. The highest BCUT2D eigenvalue weighted by Gasteiger charge is 2.35. The largest absolute Gasteiger partial charge is 0.449 e. The second kappa shape index (κ2) is 3.92. The molecule has 2 N–H and O–H groups in total. The summed E-state index contributed by atoms with van der Waals surface area (Å²) in [6.07, 6.45) is -4.78. The molecule has 0 aromatic carbocycles. The average molecular weight is 301 g/mol. The molecular formula is C11H6F3N3O2S. The molecule has 0 saturated carbocycles. The van der Waals surface area contributed by atoms with Crippen molar-refractivity contribution in [1.29, 1.82) is 0 Å². The predicted octanol–water partition coefficient (Wildman–Crippen LogP) is 2.15. The zero-order valence-electron chi connectivity index (χ0n) is 9.88. The molecule has 0 unspecified atom stereocenters. The van der Waals surface area contributed by atoms with Crippen LogP contribution in [-0.2, 0) is 6.18 Å². The molecule has 0 radical (unpaired) electrons. The van der Waals surface area contributed by atoms with E-state index in [0.29, 0.717) is 10.2 Å². The highest BCUT2D eigenvalue weighted by Crippen LogP contribution is 2.29. The highest BCUT2D eigenvalue weighted by molar-refractivity contribution is 7.18. The van der Waals surface area contributed by atoms with Gasteiger partial charge in [0, 0.05) is 10.3 Å². The summed E-state index contributed by atoms with van der Waals surface area (Å²) in [5.74, 6) is -1.41. The molecule has 0 aliphatic rings. The first-order chi connectivity index (χ1) is 9.27. The minimum absolute atomic E-state index is 0.232. The normalized spacial score (nSPS) is 12.4. The molecule has 0 fully saturated rings. The van der Waals surface area contributed by atoms with E-state index in [9.17, 15) is 22.8 Å². The van der Waals surface area contributed by atoms with Crippen LogP contribution in [-0.4, -0.2) is 15.0 Å². The van der Waals surface area contributed by atoms with Crippen LogP contribution >= 0.6 is 11.3 Å². The second-order valence-corrected chi connectivity index (χ2v) is 5.45. The molecule has 0 amide bonds. The summed E-state index contributed by atoms with van der Waals surface area (Å²) < 4.78 is 38.1. The Morgan fingerprint density at radius 2 is 1.85 bits per heavy atom. The van der Waals surface area contributed by atoms with Crippen LogP contribution in [0.2, 0.25) is 0 Å². The number of nitrogens with one attached hydrogen (secondary N) is 2. The SMILES string of the molecule is Cc1cc2c([nH]c(=O)c3c(=O)[nH]c(C(F)(F)F)nc32)s1. The maximum absolute atomic E-state index is 12.7. The van der Waals surface area contributed by atoms with Crippen LogP contribution in [0.25, 0.3) is 21.1 Å². The van der Waals surface area contributed by atoms with E-state index in [0.717, 1.165) is 4.88 Å². The maximum atomic E-state index is 12.7. The van der Waals surface area contributed by atoms with Gasteiger partial charge in [0.25, 0.3) is 11.1 Å². The summed E-state index contributed by atoms with van der Waals surface area (Å²) in [5.41, 5.74) is -2.09. The summed E-state index contributed by atoms with van der Waals surface area (Å²) in [4.78, 5) is 32.2. The van der Waals surface area contributed by atoms with Gasteiger partial charge in [-0.3, -0.25) is 9.59 Å². The van der Waals surface area contributed by atoms with E-state index in [2.05, 4.69) is 9.97 Å². The number of aromatic nitrogens is 3. The third kappa shape index (κ3) is 1.82. The molecule has 5 nitrogen and oxygen atoms in total. The summed E-state index contributed by atoms with van der Waals surface area (Å²) in [6, 6.07) is 1.59. The maximum Gasteiger partial charge on any atom is 0.449 e. The minimum atomic E-state index is -4.78. The molecule has 104 valence electrons. The van der Waals surface area contributed by atoms with Gasteiger partial charge in [0.05, 0.1) is 5.52 Å². The number of hydrogen-bond acceptors (Lipinski definition) is 4. The molecule has 3 heterocycles. The van der Waals surface area contributed by atoms with E-state index in [4.69, 9.17) is 0 Å². The van der Waals surface area contributed by atoms with Gasteiger partial charge in [-0.1, -0.05) is 0 Å². The van der Waals surface area contributed by atoms with Crippen molar-refractivity contribution in [2.45, 2.75) is 13.1 Å². The van der Waals surface area contributed by atoms with E-state index in [1.165, 1.54) is 11.3 Å². The van der Waals surface area contributed by atoms with E-state index in [1.54, 1.807) is 18.0 Å². The Balaban J connectivity index is 2.59. The van der Waals surface area contributed by atoms with E-state index in [-0.39, 0.29) is 5.52 Å². The van der Waals surface area contributed by atoms with Crippen molar-refractivity contribution in [2.24, 2.45) is 0 Å². The van der Waals surface area contributed by atoms with Crippen molar-refractivity contribution < 1.29 is 13.2 Å². The Labute approximate surface area is 112 Å². The van der Waals surface area contributed by atoms with Gasteiger partial charge in [-0.15, -0.1) is 11.3 Å². The predicted molar refractivity (Wildman–Crippen MR) is 68.1 cm³/mol. The zero-order chi connectivity index (χ0) is 14.7. The first kappa shape index (κ1) is 12.9. The highest BCUT2D eigenvalue weighted by atomic mass is 32.1. The number of H-pyrrole nitrogens is 2. The molecule has 3 aromatic heterocycles. The van der Waals surface area contributed by atoms with Gasteiger partial charge in [0.15, 0.2) is 0 Å². The Morgan fingerprint density at radius 1 is 1.20 bits per heavy atom. The quantitative estimate of drug-likeness (QED) is 0.668. The first-order valence-corrected chi connectivity index (χ1v) is 6.22. The Morgan fingerprint density at radius 3 is 2.50 bits per heavy atom. The Kier molecular flexibility index (Phi) is 2.52. The number of pyridine rings is 1. The minimum Gasteiger partial charge on any atom is -0.313 e. The Bertz CT molecular complexity index is 952. The van der Waals surface area contributed by atoms with Crippen LogP contribution in [0.1, 0.15) is 10.7 Å². The van der Waals surface area contributed by atoms with E-state index >= 15 is 0 Å². The first-order valence-electron chi connectivity index (χ1n) is 5.41. The van der Waals surface area contributed by atoms with Gasteiger partial charge in [-0.05, 0) is 13.0 Å². The molecule has 0 aliphatic heterocycles. The molecule has 0 spiro atoms. The summed E-state index contributed by atoms with van der Waals surface area (Å²) in [7, 11) is 0. The number of aromatic amines is 2. The van der Waals surface area contributed by atoms with Crippen molar-refractivity contribution in [1.82, 2.24) is 15.0 Å². The van der Waals surface area contributed by atoms with Gasteiger partial charge in [0.2, 0.25) is 5.82 Å². The average Bonchev–Trinajstić information content (AvgIpc) is 2.67. The number of rotatable bonds is 0. The fourth-order valence-corrected chi connectivity index (χ4v) is 2.87. The van der Waals surface area contributed by atoms with E-state index in [1.807, 2.05) is 0 Å². The molecule has 0 aliphatic carbocycles. The zero-order valence-corrected chi connectivity index (χ0v) is 10.7. The third-order valence-corrected chi connectivity index (χ3v) is 3.72. The van der Waals surface area contributed by atoms with Crippen LogP contribution in [0.4, 0.5) is 13.2 Å². The lowest BCUT2D eigenvalue weighted by atomic mass is 10.2. The van der Waals surface area contributed by atoms with Gasteiger partial charge in [-0.25, -0.2) is 4.98 Å². The fourth-order valence-electron chi connectivity index (χ4n) is 1.96. The van der Waals surface area contributed by atoms with Crippen molar-refractivity contribution in [3.63, 3.8) is 0 Å². The van der Waals surface area contributed by atoms with Crippen LogP contribution in [0.15, 0.2) is 15.7 Å². The molecule has 3 aromatic rings. The van der Waals surface area contributed by atoms with Gasteiger partial charge < -0.3 is 9.97 Å². The monoisotopic (exact) mass is 301 g/mol. The lowest BCUT2D eigenvalue weighted by Crippen LogP contribution is -2.24. The van der Waals surface area contributed by atoms with E-state index < -0.39 is 28.5 Å². The van der Waals surface area contributed by atoms with Gasteiger partial charge >= 0.3 is 6.18 Å². The molecule has 0 atom stereocenters. The lowest BCUT2D eigenvalue weighted by Gasteiger charge is -2.06. The number of aryl methyl sites for hydroxylation is 1. The molecule has 3 rings (SSSR count). The molecule has 0 bridgehead atoms. The number of nitrogens with zero attached hydrogens (tertiary/aromatic N) is 1. The van der Waals surface area contributed by atoms with Crippen molar-refractivity contribution in [3.8, 4) is 0 Å². The lowest BCUT2D eigenvalue weighted by molar-refractivity contribution is -0.144. The standard InChI is InChI=1S/C11H6F3N3O2S/c1-3-2-4-6-5(7(18)16-9(4)20-3)8(19)17-10(15-6)11(12,13)14/h2H,1H3,(H,16,18)(H,15,17,19). The molecular weight excluding hydrogens is 295 g/mol. The molecule has 0 saturated heterocycles. The van der Waals surface area contributed by atoms with Crippen LogP contribution in [0.3, 0.4) is 0 Å². The van der Waals surface area contributed by atoms with Crippen molar-refractivity contribution >= 4 is 32.5 Å². The second-order valence-electron chi connectivity index (χ2n) is 4.19. The summed E-state index contributed by atoms with van der Waals surface area (Å²) in [6.45, 7) is 1.74. The van der Waals surface area contributed by atoms with Crippen LogP contribution in [0, 0.1) is 6.92 Å². The Hall–Kier alpha value is -2.16. The topological polar surface area (TPSA) is 78.6 Å². The number of halogens is 3. The summed E-state index contributed by atoms with van der Waals surface area (Å²) >= 11 is 1.21.